The topological polar surface area (TPSA) is 119 Å². The lowest BCUT2D eigenvalue weighted by Crippen LogP contribution is -2.48. The number of phosphoric acid groups is 1. The Labute approximate surface area is 176 Å². The summed E-state index contributed by atoms with van der Waals surface area (Å²) in [6, 6.07) is 0. The fourth-order valence-corrected chi connectivity index (χ4v) is 3.79. The summed E-state index contributed by atoms with van der Waals surface area (Å²) in [6.07, 6.45) is 8.50. The molecule has 3 N–H and O–H groups in total. The minimum Gasteiger partial charge on any atom is -0.756 e. The van der Waals surface area contributed by atoms with E-state index in [9.17, 15) is 19.4 Å². The highest BCUT2D eigenvalue weighted by Crippen LogP contribution is 2.30. The van der Waals surface area contributed by atoms with Crippen LogP contribution in [0.3, 0.4) is 0 Å². The lowest BCUT2D eigenvalue weighted by Gasteiger charge is -2.32. The zero-order valence-electron chi connectivity index (χ0n) is 18.8. The van der Waals surface area contributed by atoms with Crippen LogP contribution >= 0.6 is 7.82 Å². The van der Waals surface area contributed by atoms with E-state index in [2.05, 4.69) is 23.7 Å². The summed E-state index contributed by atoms with van der Waals surface area (Å²) in [5.74, 6) is 0.234. The van der Waals surface area contributed by atoms with E-state index in [4.69, 9.17) is 4.89 Å². The van der Waals surface area contributed by atoms with Gasteiger partial charge < -0.3 is 29.2 Å². The maximum absolute atomic E-state index is 12.5. The van der Waals surface area contributed by atoms with Gasteiger partial charge in [-0.05, 0) is 12.8 Å². The van der Waals surface area contributed by atoms with Gasteiger partial charge >= 0.3 is 0 Å². The van der Waals surface area contributed by atoms with Crippen LogP contribution < -0.4 is 10.2 Å². The Balaban J connectivity index is 4.23. The maximum Gasteiger partial charge on any atom is 0.265 e. The number of carbonyl (C=O) groups is 1. The van der Waals surface area contributed by atoms with E-state index in [0.29, 0.717) is 17.6 Å². The summed E-state index contributed by atoms with van der Waals surface area (Å²) in [6.45, 7) is 5.43. The van der Waals surface area contributed by atoms with E-state index in [-0.39, 0.29) is 18.4 Å². The first-order valence-electron chi connectivity index (χ1n) is 11.0. The molecule has 0 aliphatic rings. The third-order valence-electron chi connectivity index (χ3n) is 5.06. The molecular formula is C20H43N2O6P. The number of nitrogens with zero attached hydrogens (tertiary/aromatic N) is 1. The second kappa shape index (κ2) is 15.3. The first-order chi connectivity index (χ1) is 13.5. The Bertz CT molecular complexity index is 484. The van der Waals surface area contributed by atoms with Gasteiger partial charge in [-0.2, -0.15) is 0 Å². The van der Waals surface area contributed by atoms with Crippen molar-refractivity contribution in [2.75, 3.05) is 40.3 Å². The van der Waals surface area contributed by atoms with E-state index in [0.717, 1.165) is 38.5 Å². The van der Waals surface area contributed by atoms with Gasteiger partial charge in [-0.25, -0.2) is 0 Å². The highest BCUT2D eigenvalue weighted by Gasteiger charge is 2.22. The van der Waals surface area contributed by atoms with Crippen LogP contribution in [0.2, 0.25) is 0 Å². The molecule has 29 heavy (non-hydrogen) atoms. The molecule has 0 aromatic heterocycles. The molecule has 0 aromatic carbocycles. The molecule has 8 nitrogen and oxygen atoms in total. The van der Waals surface area contributed by atoms with Crippen molar-refractivity contribution in [1.29, 1.82) is 0 Å². The smallest absolute Gasteiger partial charge is 0.265 e. The Kier molecular flexibility index (Phi) is 15.1. The first-order valence-corrected chi connectivity index (χ1v) is 12.5. The molecule has 0 heterocycles. The number of carbonyl (C=O) groups excluding carboxylic acids is 1. The van der Waals surface area contributed by atoms with Crippen LogP contribution in [-0.2, 0) is 13.9 Å². The van der Waals surface area contributed by atoms with Gasteiger partial charge in [0.2, 0.25) is 5.91 Å². The van der Waals surface area contributed by atoms with E-state index in [1.807, 2.05) is 14.1 Å². The van der Waals surface area contributed by atoms with Crippen LogP contribution in [-0.4, -0.2) is 66.8 Å². The van der Waals surface area contributed by atoms with Crippen molar-refractivity contribution in [3.63, 3.8) is 0 Å². The van der Waals surface area contributed by atoms with Gasteiger partial charge in [0.25, 0.3) is 7.82 Å². The molecule has 174 valence electrons. The molecule has 1 amide bonds. The average molecular weight is 439 g/mol. The van der Waals surface area contributed by atoms with Gasteiger partial charge in [-0.3, -0.25) is 9.36 Å². The van der Waals surface area contributed by atoms with Gasteiger partial charge in [0.15, 0.2) is 0 Å². The van der Waals surface area contributed by atoms with Gasteiger partial charge in [0, 0.05) is 18.9 Å². The molecule has 0 radical (unpaired) electrons. The number of rotatable bonds is 18. The number of likely N-dealkylation sites (N-methyl/N-ethyl adjacent to an activating group) is 1. The SMILES string of the molecule is CCCCCCC(CCCC)C(=O)NCCC[N+](C)(C)CC(O)COP(=O)([O-])O. The third kappa shape index (κ3) is 16.9. The number of quaternary nitrogens is 1. The van der Waals surface area contributed by atoms with Crippen molar-refractivity contribution in [3.05, 3.63) is 0 Å². The number of unbranched alkanes of at least 4 members (excludes halogenated alkanes) is 4. The summed E-state index contributed by atoms with van der Waals surface area (Å²) >= 11 is 0. The summed E-state index contributed by atoms with van der Waals surface area (Å²) < 4.78 is 15.3. The van der Waals surface area contributed by atoms with Gasteiger partial charge in [-0.15, -0.1) is 0 Å². The Morgan fingerprint density at radius 2 is 1.72 bits per heavy atom. The number of amides is 1. The highest BCUT2D eigenvalue weighted by molar-refractivity contribution is 7.44. The van der Waals surface area contributed by atoms with Crippen LogP contribution in [0.1, 0.15) is 71.6 Å². The van der Waals surface area contributed by atoms with Crippen molar-refractivity contribution in [2.24, 2.45) is 5.92 Å². The van der Waals surface area contributed by atoms with Crippen LogP contribution in [0, 0.1) is 5.92 Å². The van der Waals surface area contributed by atoms with Crippen molar-refractivity contribution in [2.45, 2.75) is 77.7 Å². The number of aliphatic hydroxyl groups is 1. The normalized spacial score (nSPS) is 16.2. The summed E-state index contributed by atoms with van der Waals surface area (Å²) in [4.78, 5) is 31.7. The Morgan fingerprint density at radius 1 is 1.10 bits per heavy atom. The van der Waals surface area contributed by atoms with Gasteiger partial charge in [0.1, 0.15) is 12.6 Å². The number of hydrogen-bond donors (Lipinski definition) is 3. The molecule has 0 aromatic rings. The van der Waals surface area contributed by atoms with Crippen molar-refractivity contribution < 1.29 is 33.3 Å². The van der Waals surface area contributed by atoms with E-state index >= 15 is 0 Å². The molecule has 0 saturated heterocycles. The molecule has 0 bridgehead atoms. The second-order valence-corrected chi connectivity index (χ2v) is 9.79. The first kappa shape index (κ1) is 28.5. The van der Waals surface area contributed by atoms with Gasteiger partial charge in [0.05, 0.1) is 27.2 Å². The van der Waals surface area contributed by atoms with E-state index in [1.165, 1.54) is 19.3 Å². The molecule has 0 rings (SSSR count). The minimum absolute atomic E-state index is 0.0922. The number of nitrogens with one attached hydrogen (secondary N) is 1. The minimum atomic E-state index is -4.82. The number of aliphatic hydroxyl groups excluding tert-OH is 1. The van der Waals surface area contributed by atoms with Crippen LogP contribution in [0.25, 0.3) is 0 Å². The molecule has 0 aliphatic heterocycles. The van der Waals surface area contributed by atoms with Crippen LogP contribution in [0.4, 0.5) is 0 Å². The van der Waals surface area contributed by atoms with Gasteiger partial charge in [-0.1, -0.05) is 52.4 Å². The van der Waals surface area contributed by atoms with Crippen LogP contribution in [0.5, 0.6) is 0 Å². The van der Waals surface area contributed by atoms with Crippen molar-refractivity contribution in [3.8, 4) is 0 Å². The molecular weight excluding hydrogens is 395 g/mol. The second-order valence-electron chi connectivity index (χ2n) is 8.59. The average Bonchev–Trinajstić information content (AvgIpc) is 2.62. The van der Waals surface area contributed by atoms with E-state index in [1.54, 1.807) is 0 Å². The zero-order valence-corrected chi connectivity index (χ0v) is 19.7. The molecule has 3 unspecified atom stereocenters. The number of hydrogen-bond acceptors (Lipinski definition) is 5. The fourth-order valence-electron chi connectivity index (χ4n) is 3.43. The molecule has 0 saturated carbocycles. The number of phosphoric ester groups is 1. The summed E-state index contributed by atoms with van der Waals surface area (Å²) in [5, 5.41) is 12.9. The molecule has 9 heteroatoms. The quantitative estimate of drug-likeness (QED) is 0.171. The Morgan fingerprint density at radius 3 is 2.31 bits per heavy atom. The lowest BCUT2D eigenvalue weighted by molar-refractivity contribution is -0.893. The molecule has 3 atom stereocenters. The molecule has 0 fully saturated rings. The monoisotopic (exact) mass is 438 g/mol. The fraction of sp³-hybridized carbons (Fsp3) is 0.950. The maximum atomic E-state index is 12.5. The summed E-state index contributed by atoms with van der Waals surface area (Å²) in [7, 11) is -0.986. The van der Waals surface area contributed by atoms with Crippen molar-refractivity contribution in [1.82, 2.24) is 5.32 Å². The standard InChI is InChI=1S/C20H43N2O6P/c1-5-7-9-10-13-18(12-8-6-2)20(24)21-14-11-15-22(3,4)16-19(23)17-28-29(25,26)27/h18-19,23H,5-17H2,1-4H3,(H2-,21,24,25,26,27). The Hall–Kier alpha value is -0.500. The van der Waals surface area contributed by atoms with E-state index < -0.39 is 20.5 Å². The predicted octanol–water partition coefficient (Wildman–Crippen LogP) is 2.18. The molecule has 0 aliphatic carbocycles. The summed E-state index contributed by atoms with van der Waals surface area (Å²) in [5.41, 5.74) is 0. The highest BCUT2D eigenvalue weighted by atomic mass is 31.2. The zero-order chi connectivity index (χ0) is 22.3. The van der Waals surface area contributed by atoms with Crippen LogP contribution in [0.15, 0.2) is 0 Å². The predicted molar refractivity (Wildman–Crippen MR) is 113 cm³/mol. The largest absolute Gasteiger partial charge is 0.756 e. The molecule has 0 spiro atoms. The third-order valence-corrected chi connectivity index (χ3v) is 5.53. The van der Waals surface area contributed by atoms with Crippen molar-refractivity contribution >= 4 is 13.7 Å². The lowest BCUT2D eigenvalue weighted by atomic mass is 9.94.